The van der Waals surface area contributed by atoms with E-state index in [4.69, 9.17) is 14.2 Å². The Morgan fingerprint density at radius 3 is 2.50 bits per heavy atom. The average Bonchev–Trinajstić information content (AvgIpc) is 3.21. The summed E-state index contributed by atoms with van der Waals surface area (Å²) in [6.45, 7) is 3.18. The van der Waals surface area contributed by atoms with Crippen molar-refractivity contribution in [2.75, 3.05) is 46.4 Å². The highest BCUT2D eigenvalue weighted by molar-refractivity contribution is 5.40. The summed E-state index contributed by atoms with van der Waals surface area (Å²) in [7, 11) is 7.25. The first-order valence-electron chi connectivity index (χ1n) is 9.62. The zero-order valence-electron chi connectivity index (χ0n) is 17.2. The van der Waals surface area contributed by atoms with E-state index in [1.54, 1.807) is 14.2 Å². The zero-order valence-corrected chi connectivity index (χ0v) is 17.2. The van der Waals surface area contributed by atoms with E-state index in [9.17, 15) is 0 Å². The number of ether oxygens (including phenoxy) is 3. The van der Waals surface area contributed by atoms with E-state index < -0.39 is 0 Å². The summed E-state index contributed by atoms with van der Waals surface area (Å²) in [5.41, 5.74) is 2.16. The molecule has 2 heterocycles. The van der Waals surface area contributed by atoms with Crippen molar-refractivity contribution in [1.82, 2.24) is 14.9 Å². The van der Waals surface area contributed by atoms with Gasteiger partial charge in [0.25, 0.3) is 0 Å². The summed E-state index contributed by atoms with van der Waals surface area (Å²) in [6, 6.07) is 5.90. The molecule has 1 aliphatic rings. The number of hydrogen-bond donors (Lipinski definition) is 0. The first kappa shape index (κ1) is 20.4. The summed E-state index contributed by atoms with van der Waals surface area (Å²) >= 11 is 0. The van der Waals surface area contributed by atoms with Gasteiger partial charge >= 0.3 is 0 Å². The van der Waals surface area contributed by atoms with Crippen LogP contribution in [0, 0.1) is 0 Å². The summed E-state index contributed by atoms with van der Waals surface area (Å²) in [4.78, 5) is 13.1. The standard InChI is InChI=1S/C21H30N4O3/c1-24(2)21-22-11-16(12-23-21)13-25(15-19-6-5-9-28-19)14-17-10-18(26-3)7-8-20(17)27-4/h7-8,10-12,19H,5-6,9,13-15H2,1-4H3/t19-/m0/s1. The van der Waals surface area contributed by atoms with E-state index >= 15 is 0 Å². The Morgan fingerprint density at radius 2 is 1.89 bits per heavy atom. The first-order chi connectivity index (χ1) is 13.6. The quantitative estimate of drug-likeness (QED) is 0.657. The van der Waals surface area contributed by atoms with E-state index in [0.29, 0.717) is 5.95 Å². The van der Waals surface area contributed by atoms with E-state index in [2.05, 4.69) is 14.9 Å². The molecular formula is C21H30N4O3. The smallest absolute Gasteiger partial charge is 0.224 e. The molecule has 1 aromatic carbocycles. The van der Waals surface area contributed by atoms with Crippen molar-refractivity contribution in [3.63, 3.8) is 0 Å². The third-order valence-electron chi connectivity index (χ3n) is 4.87. The molecule has 1 aliphatic heterocycles. The normalized spacial score (nSPS) is 16.4. The van der Waals surface area contributed by atoms with Crippen molar-refractivity contribution in [1.29, 1.82) is 0 Å². The predicted molar refractivity (Wildman–Crippen MR) is 109 cm³/mol. The molecule has 0 saturated carbocycles. The Hall–Kier alpha value is -2.38. The molecule has 152 valence electrons. The van der Waals surface area contributed by atoms with Gasteiger partial charge in [0.2, 0.25) is 5.95 Å². The Labute approximate surface area is 167 Å². The van der Waals surface area contributed by atoms with E-state index in [-0.39, 0.29) is 6.10 Å². The molecule has 7 nitrogen and oxygen atoms in total. The lowest BCUT2D eigenvalue weighted by molar-refractivity contribution is 0.0675. The van der Waals surface area contributed by atoms with Crippen LogP contribution >= 0.6 is 0 Å². The van der Waals surface area contributed by atoms with Crippen molar-refractivity contribution in [3.8, 4) is 11.5 Å². The van der Waals surface area contributed by atoms with Crippen molar-refractivity contribution in [2.24, 2.45) is 0 Å². The highest BCUT2D eigenvalue weighted by Crippen LogP contribution is 2.26. The number of aromatic nitrogens is 2. The fourth-order valence-electron chi connectivity index (χ4n) is 3.43. The molecule has 0 bridgehead atoms. The van der Waals surface area contributed by atoms with Crippen molar-refractivity contribution >= 4 is 5.95 Å². The summed E-state index contributed by atoms with van der Waals surface area (Å²) in [6.07, 6.45) is 6.28. The molecule has 0 unspecified atom stereocenters. The minimum atomic E-state index is 0.263. The number of benzene rings is 1. The third-order valence-corrected chi connectivity index (χ3v) is 4.87. The topological polar surface area (TPSA) is 60.0 Å². The van der Waals surface area contributed by atoms with Crippen LogP contribution in [0.25, 0.3) is 0 Å². The van der Waals surface area contributed by atoms with Gasteiger partial charge in [0.1, 0.15) is 11.5 Å². The van der Waals surface area contributed by atoms with Gasteiger partial charge in [-0.15, -0.1) is 0 Å². The Morgan fingerprint density at radius 1 is 1.11 bits per heavy atom. The molecule has 3 rings (SSSR count). The lowest BCUT2D eigenvalue weighted by Crippen LogP contribution is -2.31. The van der Waals surface area contributed by atoms with Crippen LogP contribution in [0.15, 0.2) is 30.6 Å². The van der Waals surface area contributed by atoms with Crippen LogP contribution in [0.1, 0.15) is 24.0 Å². The molecule has 0 radical (unpaired) electrons. The van der Waals surface area contributed by atoms with Crippen LogP contribution in [-0.4, -0.2) is 62.4 Å². The molecule has 0 aliphatic carbocycles. The third kappa shape index (κ3) is 5.33. The molecular weight excluding hydrogens is 356 g/mol. The number of nitrogens with zero attached hydrogens (tertiary/aromatic N) is 4. The van der Waals surface area contributed by atoms with Crippen molar-refractivity contribution in [3.05, 3.63) is 41.7 Å². The Bertz CT molecular complexity index is 746. The zero-order chi connectivity index (χ0) is 19.9. The van der Waals surface area contributed by atoms with Gasteiger partial charge in [-0.3, -0.25) is 4.90 Å². The highest BCUT2D eigenvalue weighted by Gasteiger charge is 2.21. The van der Waals surface area contributed by atoms with Crippen LogP contribution in [0.4, 0.5) is 5.95 Å². The molecule has 7 heteroatoms. The second-order valence-electron chi connectivity index (χ2n) is 7.27. The maximum absolute atomic E-state index is 5.88. The van der Waals surface area contributed by atoms with Crippen LogP contribution in [-0.2, 0) is 17.8 Å². The Kier molecular flexibility index (Phi) is 7.06. The largest absolute Gasteiger partial charge is 0.497 e. The number of methoxy groups -OCH3 is 2. The van der Waals surface area contributed by atoms with Crippen LogP contribution in [0.2, 0.25) is 0 Å². The van der Waals surface area contributed by atoms with Crippen molar-refractivity contribution < 1.29 is 14.2 Å². The fourth-order valence-corrected chi connectivity index (χ4v) is 3.43. The lowest BCUT2D eigenvalue weighted by Gasteiger charge is -2.26. The van der Waals surface area contributed by atoms with Gasteiger partial charge in [-0.2, -0.15) is 0 Å². The minimum Gasteiger partial charge on any atom is -0.497 e. The number of hydrogen-bond acceptors (Lipinski definition) is 7. The SMILES string of the molecule is COc1ccc(OC)c(CN(Cc2cnc(N(C)C)nc2)C[C@@H]2CCCO2)c1. The van der Waals surface area contributed by atoms with E-state index in [0.717, 1.165) is 61.7 Å². The van der Waals surface area contributed by atoms with Crippen LogP contribution in [0.5, 0.6) is 11.5 Å². The molecule has 0 amide bonds. The number of rotatable bonds is 9. The molecule has 1 aromatic heterocycles. The van der Waals surface area contributed by atoms with Crippen LogP contribution < -0.4 is 14.4 Å². The van der Waals surface area contributed by atoms with Crippen molar-refractivity contribution in [2.45, 2.75) is 32.0 Å². The van der Waals surface area contributed by atoms with Gasteiger partial charge in [-0.05, 0) is 31.0 Å². The van der Waals surface area contributed by atoms with Crippen LogP contribution in [0.3, 0.4) is 0 Å². The maximum Gasteiger partial charge on any atom is 0.224 e. The highest BCUT2D eigenvalue weighted by atomic mass is 16.5. The summed E-state index contributed by atoms with van der Waals surface area (Å²) < 4.78 is 16.8. The monoisotopic (exact) mass is 386 g/mol. The van der Waals surface area contributed by atoms with Gasteiger partial charge in [-0.1, -0.05) is 0 Å². The molecule has 1 fully saturated rings. The lowest BCUT2D eigenvalue weighted by atomic mass is 10.1. The number of anilines is 1. The van der Waals surface area contributed by atoms with E-state index in [1.807, 2.05) is 49.6 Å². The molecule has 2 aromatic rings. The van der Waals surface area contributed by atoms with Gasteiger partial charge < -0.3 is 19.1 Å². The molecule has 28 heavy (non-hydrogen) atoms. The second kappa shape index (κ2) is 9.71. The first-order valence-corrected chi connectivity index (χ1v) is 9.62. The molecule has 1 saturated heterocycles. The molecule has 0 N–H and O–H groups in total. The molecule has 0 spiro atoms. The summed E-state index contributed by atoms with van der Waals surface area (Å²) in [5, 5.41) is 0. The minimum absolute atomic E-state index is 0.263. The average molecular weight is 386 g/mol. The summed E-state index contributed by atoms with van der Waals surface area (Å²) in [5.74, 6) is 2.40. The fraction of sp³-hybridized carbons (Fsp3) is 0.524. The molecule has 1 atom stereocenters. The predicted octanol–water partition coefficient (Wildman–Crippen LogP) is 2.74. The van der Waals surface area contributed by atoms with Gasteiger partial charge in [0, 0.05) is 63.9 Å². The van der Waals surface area contributed by atoms with Gasteiger partial charge in [0.15, 0.2) is 0 Å². The van der Waals surface area contributed by atoms with Gasteiger partial charge in [0.05, 0.1) is 20.3 Å². The van der Waals surface area contributed by atoms with E-state index in [1.165, 1.54) is 0 Å². The maximum atomic E-state index is 5.88. The van der Waals surface area contributed by atoms with Gasteiger partial charge in [-0.25, -0.2) is 9.97 Å². The Balaban J connectivity index is 1.78. The second-order valence-corrected chi connectivity index (χ2v) is 7.27.